The van der Waals surface area contributed by atoms with Crippen molar-refractivity contribution in [2.45, 2.75) is 51.6 Å². The molecule has 4 heterocycles. The minimum absolute atomic E-state index is 0.00302. The molecule has 12 heteroatoms. The minimum atomic E-state index is -0.0386. The van der Waals surface area contributed by atoms with E-state index in [-0.39, 0.29) is 23.2 Å². The zero-order valence-corrected chi connectivity index (χ0v) is 26.3. The molecule has 3 aromatic rings. The number of nitrogens with zero attached hydrogens (tertiary/aromatic N) is 6. The first-order valence-electron chi connectivity index (χ1n) is 14.6. The van der Waals surface area contributed by atoms with Gasteiger partial charge >= 0.3 is 0 Å². The van der Waals surface area contributed by atoms with Gasteiger partial charge in [-0.05, 0) is 45.2 Å². The van der Waals surface area contributed by atoms with E-state index in [0.29, 0.717) is 28.5 Å². The van der Waals surface area contributed by atoms with Crippen LogP contribution in [0.25, 0.3) is 10.9 Å². The number of anilines is 1. The number of hydrogen-bond donors (Lipinski definition) is 2. The maximum absolute atomic E-state index is 12.4. The third-order valence-corrected chi connectivity index (χ3v) is 8.97. The Balaban J connectivity index is 0.000000180. The number of rotatable bonds is 6. The molecule has 43 heavy (non-hydrogen) atoms. The molecule has 11 nitrogen and oxygen atoms in total. The molecule has 2 fully saturated rings. The normalized spacial score (nSPS) is 18.5. The van der Waals surface area contributed by atoms with E-state index in [1.165, 1.54) is 13.2 Å². The molecule has 1 aromatic heterocycles. The first kappa shape index (κ1) is 30.7. The number of ether oxygens (including phenoxy) is 2. The number of aliphatic imine (C=N–C) groups is 1. The number of piperazine rings is 1. The zero-order valence-electron chi connectivity index (χ0n) is 25.4. The quantitative estimate of drug-likeness (QED) is 0.298. The molecule has 230 valence electrons. The summed E-state index contributed by atoms with van der Waals surface area (Å²) in [6.07, 6.45) is 6.50. The molecule has 1 atom stereocenters. The largest absolute Gasteiger partial charge is 0.504 e. The van der Waals surface area contributed by atoms with E-state index in [1.54, 1.807) is 25.7 Å². The number of methoxy groups -OCH3 is 2. The van der Waals surface area contributed by atoms with Crippen LogP contribution in [0.15, 0.2) is 35.6 Å². The fourth-order valence-corrected chi connectivity index (χ4v) is 5.94. The third kappa shape index (κ3) is 6.16. The van der Waals surface area contributed by atoms with Crippen molar-refractivity contribution in [2.24, 2.45) is 4.99 Å². The lowest BCUT2D eigenvalue weighted by Crippen LogP contribution is -2.54. The predicted molar refractivity (Wildman–Crippen MR) is 171 cm³/mol. The molecule has 0 spiro atoms. The van der Waals surface area contributed by atoms with Gasteiger partial charge in [0.25, 0.3) is 5.91 Å². The van der Waals surface area contributed by atoms with Gasteiger partial charge in [-0.2, -0.15) is 0 Å². The molecule has 3 aliphatic rings. The lowest BCUT2D eigenvalue weighted by Gasteiger charge is -2.44. The van der Waals surface area contributed by atoms with Crippen molar-refractivity contribution in [3.05, 3.63) is 36.2 Å². The van der Waals surface area contributed by atoms with Gasteiger partial charge in [0.1, 0.15) is 12.1 Å². The maximum atomic E-state index is 12.4. The zero-order chi connectivity index (χ0) is 30.7. The molecule has 6 rings (SSSR count). The number of amides is 1. The maximum Gasteiger partial charge on any atom is 0.256 e. The number of fused-ring (bicyclic) bond motifs is 3. The van der Waals surface area contributed by atoms with Crippen LogP contribution in [0.2, 0.25) is 0 Å². The molecule has 2 aromatic carbocycles. The Hall–Kier alpha value is -3.77. The van der Waals surface area contributed by atoms with Crippen molar-refractivity contribution in [3.8, 4) is 23.0 Å². The van der Waals surface area contributed by atoms with E-state index in [2.05, 4.69) is 58.4 Å². The lowest BCUT2D eigenvalue weighted by atomic mass is 9.98. The third-order valence-electron chi connectivity index (χ3n) is 8.77. The molecule has 1 amide bonds. The molecule has 1 unspecified atom stereocenters. The van der Waals surface area contributed by atoms with Gasteiger partial charge in [0.2, 0.25) is 0 Å². The van der Waals surface area contributed by atoms with Crippen molar-refractivity contribution in [3.63, 3.8) is 0 Å². The first-order valence-corrected chi connectivity index (χ1v) is 15.0. The molecular formula is C31H40N6O5S. The highest BCUT2D eigenvalue weighted by molar-refractivity contribution is 7.75. The van der Waals surface area contributed by atoms with Crippen LogP contribution in [0.3, 0.4) is 0 Å². The molecule has 0 aliphatic carbocycles. The number of phenolic OH excluding ortho intramolecular Hbond substituents is 1. The molecule has 2 saturated heterocycles. The van der Waals surface area contributed by atoms with Crippen LogP contribution in [0.1, 0.15) is 50.4 Å². The van der Waals surface area contributed by atoms with Gasteiger partial charge in [-0.3, -0.25) is 14.7 Å². The second-order valence-corrected chi connectivity index (χ2v) is 11.7. The van der Waals surface area contributed by atoms with E-state index in [9.17, 15) is 9.90 Å². The van der Waals surface area contributed by atoms with Crippen LogP contribution in [0.4, 0.5) is 11.5 Å². The molecule has 0 bridgehead atoms. The number of carbonyl (C=O) groups excluding carboxylic acids is 1. The van der Waals surface area contributed by atoms with Gasteiger partial charge in [-0.1, -0.05) is 6.92 Å². The van der Waals surface area contributed by atoms with Crippen molar-refractivity contribution >= 4 is 47.4 Å². The summed E-state index contributed by atoms with van der Waals surface area (Å²) in [4.78, 5) is 32.3. The topological polar surface area (TPSA) is 113 Å². The summed E-state index contributed by atoms with van der Waals surface area (Å²) in [5.74, 6) is 2.39. The summed E-state index contributed by atoms with van der Waals surface area (Å²) < 4.78 is 15.5. The Morgan fingerprint density at radius 2 is 1.74 bits per heavy atom. The summed E-state index contributed by atoms with van der Waals surface area (Å²) in [5, 5.41) is 10.7. The molecule has 0 saturated carbocycles. The highest BCUT2D eigenvalue weighted by Gasteiger charge is 2.32. The van der Waals surface area contributed by atoms with Crippen LogP contribution in [0, 0.1) is 0 Å². The molecule has 3 aliphatic heterocycles. The predicted octanol–water partition coefficient (Wildman–Crippen LogP) is 4.89. The Bertz CT molecular complexity index is 1510. The standard InChI is InChI=1S/C18H26N4O2S.C13H14N2O3/c1-5-18(2,3)22-8-6-21(7-9-22)17-13-10-15(23-4)16(24-25)11-14(13)19-12-20-17;1-18-12-5-9-10(6-11(12)16)14-7-8-3-2-4-15(8)13(9)17/h10-12,25H,5-9H2,1-4H3;5-8,16H,2-4H2,1H3. The summed E-state index contributed by atoms with van der Waals surface area (Å²) in [7, 11) is 3.08. The van der Waals surface area contributed by atoms with Crippen molar-refractivity contribution in [2.75, 3.05) is 51.8 Å². The van der Waals surface area contributed by atoms with Crippen molar-refractivity contribution in [1.29, 1.82) is 0 Å². The van der Waals surface area contributed by atoms with E-state index in [0.717, 1.165) is 68.7 Å². The molecule has 1 N–H and O–H groups in total. The van der Waals surface area contributed by atoms with Gasteiger partial charge in [-0.15, -0.1) is 0 Å². The van der Waals surface area contributed by atoms with E-state index >= 15 is 0 Å². The first-order chi connectivity index (χ1) is 20.7. The van der Waals surface area contributed by atoms with Crippen LogP contribution in [-0.4, -0.2) is 95.5 Å². The number of thiol groups is 1. The fourth-order valence-electron chi connectivity index (χ4n) is 5.80. The monoisotopic (exact) mass is 608 g/mol. The Kier molecular flexibility index (Phi) is 9.16. The Morgan fingerprint density at radius 1 is 1.00 bits per heavy atom. The second-order valence-electron chi connectivity index (χ2n) is 11.5. The number of carbonyl (C=O) groups is 1. The van der Waals surface area contributed by atoms with E-state index in [1.807, 2.05) is 17.0 Å². The minimum Gasteiger partial charge on any atom is -0.504 e. The van der Waals surface area contributed by atoms with E-state index in [4.69, 9.17) is 13.7 Å². The smallest absolute Gasteiger partial charge is 0.256 e. The second kappa shape index (κ2) is 12.8. The summed E-state index contributed by atoms with van der Waals surface area (Å²) in [6.45, 7) is 11.6. The number of benzene rings is 2. The highest BCUT2D eigenvalue weighted by atomic mass is 32.1. The van der Waals surface area contributed by atoms with Gasteiger partial charge in [0, 0.05) is 74.9 Å². The van der Waals surface area contributed by atoms with Crippen LogP contribution >= 0.6 is 12.9 Å². The van der Waals surface area contributed by atoms with Crippen molar-refractivity contribution < 1.29 is 23.6 Å². The average molecular weight is 609 g/mol. The van der Waals surface area contributed by atoms with Crippen LogP contribution in [-0.2, 0) is 0 Å². The van der Waals surface area contributed by atoms with Gasteiger partial charge in [-0.25, -0.2) is 9.97 Å². The molecule has 0 radical (unpaired) electrons. The fraction of sp³-hybridized carbons (Fsp3) is 0.484. The van der Waals surface area contributed by atoms with Gasteiger partial charge < -0.3 is 28.6 Å². The van der Waals surface area contributed by atoms with Gasteiger partial charge in [0.15, 0.2) is 23.0 Å². The summed E-state index contributed by atoms with van der Waals surface area (Å²) >= 11 is 3.89. The average Bonchev–Trinajstić information content (AvgIpc) is 3.47. The van der Waals surface area contributed by atoms with E-state index < -0.39 is 0 Å². The Morgan fingerprint density at radius 3 is 2.42 bits per heavy atom. The number of hydrogen-bond acceptors (Lipinski definition) is 11. The SMILES string of the molecule is CCC(C)(C)N1CCN(c2ncnc3cc(OS)c(OC)cc23)CC1.COc1cc2c(cc1O)N=CC1CCCN1C2=O. The number of aromatic hydroxyl groups is 1. The highest BCUT2D eigenvalue weighted by Crippen LogP contribution is 2.38. The summed E-state index contributed by atoms with van der Waals surface area (Å²) in [5.41, 5.74) is 2.06. The lowest BCUT2D eigenvalue weighted by molar-refractivity contribution is 0.0774. The van der Waals surface area contributed by atoms with Gasteiger partial charge in [0.05, 0.1) is 37.0 Å². The van der Waals surface area contributed by atoms with Crippen molar-refractivity contribution in [1.82, 2.24) is 19.8 Å². The molecular weight excluding hydrogens is 568 g/mol. The summed E-state index contributed by atoms with van der Waals surface area (Å²) in [6, 6.07) is 6.88. The van der Waals surface area contributed by atoms with Crippen LogP contribution < -0.4 is 18.6 Å². The number of aromatic nitrogens is 2. The van der Waals surface area contributed by atoms with Crippen LogP contribution in [0.5, 0.6) is 23.0 Å². The Labute approximate surface area is 258 Å². The number of phenols is 1.